The molecule has 1 aliphatic heterocycles. The molecule has 0 radical (unpaired) electrons. The van der Waals surface area contributed by atoms with Gasteiger partial charge >= 0.3 is 5.97 Å². The number of β-amino-alcohol motifs (C(OH)–C–C–N with tert-alkyl or cyclic N) is 1. The molecule has 34 heavy (non-hydrogen) atoms. The van der Waals surface area contributed by atoms with Crippen molar-refractivity contribution >= 4 is 27.7 Å². The fraction of sp³-hybridized carbons (Fsp3) is 0.321. The van der Waals surface area contributed by atoms with Crippen molar-refractivity contribution in [3.8, 4) is 5.75 Å². The van der Waals surface area contributed by atoms with Gasteiger partial charge in [0.05, 0.1) is 12.5 Å². The number of aliphatic hydroxyl groups excluding tert-OH is 1. The van der Waals surface area contributed by atoms with Crippen molar-refractivity contribution in [2.24, 2.45) is 0 Å². The van der Waals surface area contributed by atoms with Gasteiger partial charge in [-0.1, -0.05) is 48.5 Å². The van der Waals surface area contributed by atoms with Crippen LogP contribution in [0.3, 0.4) is 0 Å². The first-order valence-electron chi connectivity index (χ1n) is 11.7. The Morgan fingerprint density at radius 3 is 2.65 bits per heavy atom. The van der Waals surface area contributed by atoms with Crippen LogP contribution in [0.2, 0.25) is 0 Å². The molecule has 0 bridgehead atoms. The van der Waals surface area contributed by atoms with Crippen LogP contribution in [0.25, 0.3) is 21.7 Å². The van der Waals surface area contributed by atoms with Crippen molar-refractivity contribution in [1.82, 2.24) is 4.90 Å². The van der Waals surface area contributed by atoms with Gasteiger partial charge in [-0.3, -0.25) is 0 Å². The molecule has 1 N–H and O–H groups in total. The van der Waals surface area contributed by atoms with E-state index in [2.05, 4.69) is 47.4 Å². The second-order valence-electron chi connectivity index (χ2n) is 8.92. The molecule has 3 aromatic carbocycles. The standard InChI is InChI=1S/C28H29NO5/c1-32-28(31)27-16-24-25(7-4-8-26(24)34-27)33-18-23(30)17-29-13-11-20(12-14-29)22-10-9-19-5-2-3-6-21(19)15-22/h2-10,15-16,20,23,30H,11-14,17-18H2,1H3/t23-/m0/s1. The number of piperidine rings is 1. The van der Waals surface area contributed by atoms with E-state index >= 15 is 0 Å². The van der Waals surface area contributed by atoms with Crippen LogP contribution in [0.4, 0.5) is 0 Å². The van der Waals surface area contributed by atoms with E-state index in [0.717, 1.165) is 25.9 Å². The predicted octanol–water partition coefficient (Wildman–Crippen LogP) is 4.99. The summed E-state index contributed by atoms with van der Waals surface area (Å²) in [5.74, 6) is 0.722. The van der Waals surface area contributed by atoms with Crippen molar-refractivity contribution in [3.63, 3.8) is 0 Å². The predicted molar refractivity (Wildman–Crippen MR) is 131 cm³/mol. The fourth-order valence-electron chi connectivity index (χ4n) is 4.81. The molecule has 6 heteroatoms. The van der Waals surface area contributed by atoms with Crippen LogP contribution in [-0.2, 0) is 4.74 Å². The number of carbonyl (C=O) groups is 1. The number of nitrogens with zero attached hydrogens (tertiary/aromatic N) is 1. The Balaban J connectivity index is 1.14. The molecule has 6 nitrogen and oxygen atoms in total. The smallest absolute Gasteiger partial charge is 0.373 e. The number of likely N-dealkylation sites (tertiary alicyclic amines) is 1. The van der Waals surface area contributed by atoms with E-state index in [1.165, 1.54) is 23.4 Å². The number of hydrogen-bond acceptors (Lipinski definition) is 6. The molecule has 176 valence electrons. The van der Waals surface area contributed by atoms with E-state index in [-0.39, 0.29) is 12.4 Å². The molecule has 1 aliphatic rings. The van der Waals surface area contributed by atoms with E-state index in [9.17, 15) is 9.90 Å². The summed E-state index contributed by atoms with van der Waals surface area (Å²) in [6.07, 6.45) is 1.55. The second kappa shape index (κ2) is 9.87. The lowest BCUT2D eigenvalue weighted by Crippen LogP contribution is -2.40. The number of benzene rings is 3. The van der Waals surface area contributed by atoms with Gasteiger partial charge in [0.15, 0.2) is 0 Å². The molecule has 1 aromatic heterocycles. The lowest BCUT2D eigenvalue weighted by atomic mass is 9.88. The molecular formula is C28H29NO5. The normalized spacial score (nSPS) is 16.1. The molecular weight excluding hydrogens is 430 g/mol. The maximum Gasteiger partial charge on any atom is 0.373 e. The van der Waals surface area contributed by atoms with Crippen LogP contribution >= 0.6 is 0 Å². The topological polar surface area (TPSA) is 72.1 Å². The first kappa shape index (κ1) is 22.4. The SMILES string of the molecule is COC(=O)c1cc2c(OC[C@@H](O)CN3CCC(c4ccc5ccccc5c4)CC3)cccc2o1. The average molecular weight is 460 g/mol. The number of esters is 1. The Morgan fingerprint density at radius 2 is 1.85 bits per heavy atom. The van der Waals surface area contributed by atoms with Crippen molar-refractivity contribution in [2.45, 2.75) is 24.9 Å². The van der Waals surface area contributed by atoms with E-state index in [0.29, 0.717) is 29.2 Å². The number of ether oxygens (including phenoxy) is 2. The Morgan fingerprint density at radius 1 is 1.06 bits per heavy atom. The maximum atomic E-state index is 11.8. The molecule has 0 saturated carbocycles. The zero-order valence-corrected chi connectivity index (χ0v) is 19.3. The highest BCUT2D eigenvalue weighted by atomic mass is 16.5. The Kier molecular flexibility index (Phi) is 6.52. The average Bonchev–Trinajstić information content (AvgIpc) is 3.32. The van der Waals surface area contributed by atoms with Gasteiger partial charge in [-0.15, -0.1) is 0 Å². The zero-order chi connectivity index (χ0) is 23.5. The van der Waals surface area contributed by atoms with Crippen molar-refractivity contribution in [2.75, 3.05) is 33.4 Å². The summed E-state index contributed by atoms with van der Waals surface area (Å²) >= 11 is 0. The third-order valence-corrected chi connectivity index (χ3v) is 6.64. The van der Waals surface area contributed by atoms with E-state index in [1.54, 1.807) is 24.3 Å². The van der Waals surface area contributed by atoms with Crippen LogP contribution in [0.15, 0.2) is 71.1 Å². The molecule has 4 aromatic rings. The molecule has 0 amide bonds. The molecule has 1 saturated heterocycles. The van der Waals surface area contributed by atoms with Gasteiger partial charge in [-0.2, -0.15) is 0 Å². The van der Waals surface area contributed by atoms with Gasteiger partial charge in [0.2, 0.25) is 5.76 Å². The minimum Gasteiger partial charge on any atom is -0.490 e. The van der Waals surface area contributed by atoms with Gasteiger partial charge < -0.3 is 23.9 Å². The molecule has 1 fully saturated rings. The third kappa shape index (κ3) is 4.79. The highest BCUT2D eigenvalue weighted by Gasteiger charge is 2.23. The monoisotopic (exact) mass is 459 g/mol. The summed E-state index contributed by atoms with van der Waals surface area (Å²) < 4.78 is 16.2. The minimum absolute atomic E-state index is 0.128. The fourth-order valence-corrected chi connectivity index (χ4v) is 4.81. The van der Waals surface area contributed by atoms with Gasteiger partial charge in [0.25, 0.3) is 0 Å². The van der Waals surface area contributed by atoms with Crippen LogP contribution in [0, 0.1) is 0 Å². The zero-order valence-electron chi connectivity index (χ0n) is 19.3. The number of furan rings is 1. The van der Waals surface area contributed by atoms with Crippen LogP contribution in [-0.4, -0.2) is 55.4 Å². The highest BCUT2D eigenvalue weighted by Crippen LogP contribution is 2.31. The molecule has 0 aliphatic carbocycles. The number of aliphatic hydroxyl groups is 1. The lowest BCUT2D eigenvalue weighted by molar-refractivity contribution is 0.0567. The molecule has 5 rings (SSSR count). The first-order valence-corrected chi connectivity index (χ1v) is 11.7. The molecule has 0 spiro atoms. The second-order valence-corrected chi connectivity index (χ2v) is 8.92. The summed E-state index contributed by atoms with van der Waals surface area (Å²) in [5, 5.41) is 13.9. The van der Waals surface area contributed by atoms with Crippen LogP contribution in [0.1, 0.15) is 34.9 Å². The van der Waals surface area contributed by atoms with Gasteiger partial charge in [-0.25, -0.2) is 4.79 Å². The summed E-state index contributed by atoms with van der Waals surface area (Å²) in [7, 11) is 1.31. The number of carbonyl (C=O) groups excluding carboxylic acids is 1. The van der Waals surface area contributed by atoms with Crippen LogP contribution in [0.5, 0.6) is 5.75 Å². The number of rotatable bonds is 7. The van der Waals surface area contributed by atoms with Crippen molar-refractivity contribution < 1.29 is 23.8 Å². The Labute approximate surface area is 198 Å². The number of methoxy groups -OCH3 is 1. The van der Waals surface area contributed by atoms with Crippen LogP contribution < -0.4 is 4.74 Å². The lowest BCUT2D eigenvalue weighted by Gasteiger charge is -2.33. The number of fused-ring (bicyclic) bond motifs is 2. The molecule has 2 heterocycles. The summed E-state index contributed by atoms with van der Waals surface area (Å²) in [6, 6.07) is 22.3. The molecule has 0 unspecified atom stereocenters. The third-order valence-electron chi connectivity index (χ3n) is 6.64. The molecule has 1 atom stereocenters. The van der Waals surface area contributed by atoms with E-state index < -0.39 is 12.1 Å². The van der Waals surface area contributed by atoms with Gasteiger partial charge in [-0.05, 0) is 60.3 Å². The quantitative estimate of drug-likeness (QED) is 0.393. The summed E-state index contributed by atoms with van der Waals surface area (Å²) in [6.45, 7) is 2.64. The highest BCUT2D eigenvalue weighted by molar-refractivity contribution is 5.94. The van der Waals surface area contributed by atoms with Crippen molar-refractivity contribution in [1.29, 1.82) is 0 Å². The first-order chi connectivity index (χ1) is 16.6. The van der Waals surface area contributed by atoms with E-state index in [1.807, 2.05) is 0 Å². The number of hydrogen-bond donors (Lipinski definition) is 1. The minimum atomic E-state index is -0.612. The van der Waals surface area contributed by atoms with E-state index in [4.69, 9.17) is 13.9 Å². The Bertz CT molecular complexity index is 1290. The van der Waals surface area contributed by atoms with Gasteiger partial charge in [0.1, 0.15) is 24.0 Å². The van der Waals surface area contributed by atoms with Gasteiger partial charge in [0, 0.05) is 12.6 Å². The summed E-state index contributed by atoms with van der Waals surface area (Å²) in [4.78, 5) is 14.1. The summed E-state index contributed by atoms with van der Waals surface area (Å²) in [5.41, 5.74) is 1.95. The maximum absolute atomic E-state index is 11.8. The Hall–Kier alpha value is -3.35. The largest absolute Gasteiger partial charge is 0.490 e. The van der Waals surface area contributed by atoms with Crippen molar-refractivity contribution in [3.05, 3.63) is 78.1 Å².